The number of nitrogens with zero attached hydrogens (tertiary/aromatic N) is 1. The fraction of sp³-hybridized carbons (Fsp3) is 0.125. The van der Waals surface area contributed by atoms with Crippen molar-refractivity contribution in [3.63, 3.8) is 0 Å². The van der Waals surface area contributed by atoms with Gasteiger partial charge in [-0.3, -0.25) is 0 Å². The molecule has 1 nitrogen and oxygen atoms in total. The minimum absolute atomic E-state index is 0.580. The average molecular weight is 216 g/mol. The van der Waals surface area contributed by atoms with Gasteiger partial charge in [0.2, 0.25) is 0 Å². The molecule has 0 saturated heterocycles. The third-order valence-electron chi connectivity index (χ3n) is 1.52. The normalized spacial score (nSPS) is 10.8. The van der Waals surface area contributed by atoms with Crippen LogP contribution in [0.25, 0.3) is 0 Å². The Kier molecular flexibility index (Phi) is 2.79. The molecule has 1 aromatic rings. The molecule has 4 heteroatoms. The van der Waals surface area contributed by atoms with Crippen molar-refractivity contribution < 1.29 is 0 Å². The molecule has 0 saturated carbocycles. The highest BCUT2D eigenvalue weighted by Crippen LogP contribution is 2.15. The maximum atomic E-state index is 8.74. The Bertz CT molecular complexity index is 325. The third-order valence-corrected chi connectivity index (χ3v) is 4.12. The van der Waals surface area contributed by atoms with Crippen molar-refractivity contribution in [2.24, 2.45) is 0 Å². The fourth-order valence-electron chi connectivity index (χ4n) is 0.963. The summed E-state index contributed by atoms with van der Waals surface area (Å²) in [5.74, 6) is 0. The van der Waals surface area contributed by atoms with E-state index in [-0.39, 0.29) is 0 Å². The van der Waals surface area contributed by atoms with Crippen molar-refractivity contribution >= 4 is 34.0 Å². The van der Waals surface area contributed by atoms with Crippen molar-refractivity contribution in [3.05, 3.63) is 29.8 Å². The monoisotopic (exact) mass is 215 g/mol. The van der Waals surface area contributed by atoms with Gasteiger partial charge >= 0.3 is 0 Å². The molecule has 1 rings (SSSR count). The summed E-state index contributed by atoms with van der Waals surface area (Å²) in [6, 6.07) is 9.25. The van der Waals surface area contributed by atoms with Gasteiger partial charge < -0.3 is 0 Å². The minimum atomic E-state index is -2.38. The summed E-state index contributed by atoms with van der Waals surface area (Å²) in [4.78, 5) is 0. The summed E-state index contributed by atoms with van der Waals surface area (Å²) in [6.07, 6.45) is 0. The molecule has 0 aliphatic rings. The van der Waals surface area contributed by atoms with Crippen molar-refractivity contribution in [2.45, 2.75) is 6.55 Å². The van der Waals surface area contributed by atoms with E-state index in [1.165, 1.54) is 0 Å². The zero-order valence-electron chi connectivity index (χ0n) is 6.51. The molecule has 0 atom stereocenters. The molecule has 0 unspecified atom stereocenters. The number of nitriles is 1. The number of hydrogen-bond acceptors (Lipinski definition) is 1. The van der Waals surface area contributed by atoms with E-state index in [4.69, 9.17) is 27.4 Å². The molecular weight excluding hydrogens is 209 g/mol. The van der Waals surface area contributed by atoms with Gasteiger partial charge in [0.25, 0.3) is 6.69 Å². The number of benzene rings is 1. The highest BCUT2D eigenvalue weighted by atomic mass is 35.7. The predicted molar refractivity (Wildman–Crippen MR) is 54.1 cm³/mol. The van der Waals surface area contributed by atoms with Crippen LogP contribution < -0.4 is 5.19 Å². The highest BCUT2D eigenvalue weighted by molar-refractivity contribution is 7.50. The van der Waals surface area contributed by atoms with Gasteiger partial charge in [-0.15, -0.1) is 22.2 Å². The summed E-state index contributed by atoms with van der Waals surface area (Å²) < 4.78 is 0. The number of hydrogen-bond donors (Lipinski definition) is 0. The Morgan fingerprint density at radius 2 is 1.92 bits per heavy atom. The third kappa shape index (κ3) is 2.01. The van der Waals surface area contributed by atoms with Gasteiger partial charge in [-0.05, 0) is 17.8 Å². The molecule has 0 fully saturated rings. The van der Waals surface area contributed by atoms with Crippen LogP contribution in [-0.4, -0.2) is 6.69 Å². The highest BCUT2D eigenvalue weighted by Gasteiger charge is 2.26. The second-order valence-corrected chi connectivity index (χ2v) is 9.98. The molecule has 0 amide bonds. The van der Waals surface area contributed by atoms with E-state index in [9.17, 15) is 0 Å². The standard InChI is InChI=1S/C8H7Cl2NSi/c1-12(9,10)8-5-3-2-4-7(8)6-11/h2-5H,1H3. The van der Waals surface area contributed by atoms with Crippen LogP contribution in [-0.2, 0) is 0 Å². The van der Waals surface area contributed by atoms with E-state index >= 15 is 0 Å². The minimum Gasteiger partial charge on any atom is -0.192 e. The predicted octanol–water partition coefficient (Wildman–Crippen LogP) is 2.31. The Labute approximate surface area is 82.0 Å². The Balaban J connectivity index is 3.26. The summed E-state index contributed by atoms with van der Waals surface area (Å²) in [5, 5.41) is 9.52. The topological polar surface area (TPSA) is 23.8 Å². The lowest BCUT2D eigenvalue weighted by molar-refractivity contribution is 1.50. The van der Waals surface area contributed by atoms with Gasteiger partial charge in [0.1, 0.15) is 0 Å². The first-order chi connectivity index (χ1) is 5.55. The van der Waals surface area contributed by atoms with Crippen LogP contribution >= 0.6 is 22.2 Å². The van der Waals surface area contributed by atoms with Gasteiger partial charge in [-0.2, -0.15) is 5.26 Å². The SMILES string of the molecule is C[Si](Cl)(Cl)c1ccccc1C#N. The van der Waals surface area contributed by atoms with Crippen molar-refractivity contribution in [3.8, 4) is 6.07 Å². The first-order valence-corrected chi connectivity index (χ1v) is 7.95. The van der Waals surface area contributed by atoms with E-state index in [1.54, 1.807) is 18.7 Å². The maximum Gasteiger partial charge on any atom is 0.279 e. The Morgan fingerprint density at radius 1 is 1.33 bits per heavy atom. The molecule has 0 N–H and O–H groups in total. The second kappa shape index (κ2) is 3.49. The summed E-state index contributed by atoms with van der Waals surface area (Å²) >= 11 is 12.0. The van der Waals surface area contributed by atoms with E-state index < -0.39 is 6.69 Å². The largest absolute Gasteiger partial charge is 0.279 e. The summed E-state index contributed by atoms with van der Waals surface area (Å²) in [5.41, 5.74) is 0.580. The first-order valence-electron chi connectivity index (χ1n) is 3.43. The van der Waals surface area contributed by atoms with Gasteiger partial charge in [-0.1, -0.05) is 18.2 Å². The van der Waals surface area contributed by atoms with Crippen LogP contribution in [0.2, 0.25) is 6.55 Å². The van der Waals surface area contributed by atoms with Crippen LogP contribution in [0.3, 0.4) is 0 Å². The lowest BCUT2D eigenvalue weighted by Crippen LogP contribution is -2.34. The molecule has 0 bridgehead atoms. The molecule has 0 radical (unpaired) electrons. The molecule has 0 heterocycles. The zero-order chi connectivity index (χ0) is 9.19. The molecule has 12 heavy (non-hydrogen) atoms. The van der Waals surface area contributed by atoms with Crippen LogP contribution in [0, 0.1) is 11.3 Å². The van der Waals surface area contributed by atoms with Crippen molar-refractivity contribution in [1.29, 1.82) is 5.26 Å². The lowest BCUT2D eigenvalue weighted by atomic mass is 10.2. The summed E-state index contributed by atoms with van der Waals surface area (Å²) in [7, 11) is 0. The number of rotatable bonds is 1. The van der Waals surface area contributed by atoms with Gasteiger partial charge in [0, 0.05) is 0 Å². The lowest BCUT2D eigenvalue weighted by Gasteiger charge is -2.11. The average Bonchev–Trinajstić information content (AvgIpc) is 2.03. The molecule has 1 aromatic carbocycles. The zero-order valence-corrected chi connectivity index (χ0v) is 9.02. The number of halogens is 2. The Hall–Kier alpha value is -0.493. The van der Waals surface area contributed by atoms with Gasteiger partial charge in [-0.25, -0.2) is 0 Å². The molecular formula is C8H7Cl2NSi. The molecule has 0 aliphatic heterocycles. The quantitative estimate of drug-likeness (QED) is 0.522. The molecule has 0 aliphatic carbocycles. The van der Waals surface area contributed by atoms with E-state index in [1.807, 2.05) is 12.1 Å². The fourth-order valence-corrected chi connectivity index (χ4v) is 2.95. The van der Waals surface area contributed by atoms with Crippen LogP contribution in [0.15, 0.2) is 24.3 Å². The van der Waals surface area contributed by atoms with E-state index in [0.717, 1.165) is 5.19 Å². The Morgan fingerprint density at radius 3 is 2.33 bits per heavy atom. The van der Waals surface area contributed by atoms with E-state index in [2.05, 4.69) is 6.07 Å². The molecule has 0 aromatic heterocycles. The maximum absolute atomic E-state index is 8.74. The molecule has 62 valence electrons. The smallest absolute Gasteiger partial charge is 0.192 e. The van der Waals surface area contributed by atoms with Gasteiger partial charge in [0.05, 0.1) is 11.6 Å². The summed E-state index contributed by atoms with van der Waals surface area (Å²) in [6.45, 7) is -0.593. The van der Waals surface area contributed by atoms with Crippen LogP contribution in [0.5, 0.6) is 0 Å². The van der Waals surface area contributed by atoms with Crippen molar-refractivity contribution in [2.75, 3.05) is 0 Å². The van der Waals surface area contributed by atoms with Crippen molar-refractivity contribution in [1.82, 2.24) is 0 Å². The second-order valence-electron chi connectivity index (χ2n) is 2.55. The van der Waals surface area contributed by atoms with Crippen LogP contribution in [0.4, 0.5) is 0 Å². The molecule has 0 spiro atoms. The van der Waals surface area contributed by atoms with E-state index in [0.29, 0.717) is 5.56 Å². The van der Waals surface area contributed by atoms with Gasteiger partial charge in [0.15, 0.2) is 0 Å². The first kappa shape index (κ1) is 9.59. The van der Waals surface area contributed by atoms with Crippen LogP contribution in [0.1, 0.15) is 5.56 Å².